The molecule has 2 N–H and O–H groups in total. The Bertz CT molecular complexity index is 1610. The molecule has 38 heavy (non-hydrogen) atoms. The van der Waals surface area contributed by atoms with Crippen LogP contribution in [0.5, 0.6) is 0 Å². The van der Waals surface area contributed by atoms with Crippen LogP contribution in [-0.4, -0.2) is 19.9 Å². The molecule has 4 nitrogen and oxygen atoms in total. The molecule has 0 spiro atoms. The number of allylic oxidation sites excluding steroid dienone is 4. The third-order valence-electron chi connectivity index (χ3n) is 8.32. The van der Waals surface area contributed by atoms with Gasteiger partial charge in [0, 0.05) is 22.1 Å². The van der Waals surface area contributed by atoms with Crippen molar-refractivity contribution in [2.75, 3.05) is 0 Å². The van der Waals surface area contributed by atoms with Crippen LogP contribution in [0, 0.1) is 0 Å². The van der Waals surface area contributed by atoms with Gasteiger partial charge in [0.2, 0.25) is 0 Å². The van der Waals surface area contributed by atoms with Gasteiger partial charge in [-0.05, 0) is 114 Å². The van der Waals surface area contributed by atoms with Crippen molar-refractivity contribution in [3.8, 4) is 0 Å². The van der Waals surface area contributed by atoms with E-state index < -0.39 is 0 Å². The summed E-state index contributed by atoms with van der Waals surface area (Å²) in [5.41, 5.74) is 18.5. The van der Waals surface area contributed by atoms with E-state index in [-0.39, 0.29) is 0 Å². The highest BCUT2D eigenvalue weighted by atomic mass is 14.8. The second-order valence-corrected chi connectivity index (χ2v) is 10.3. The zero-order chi connectivity index (χ0) is 27.0. The molecule has 5 rings (SSSR count). The van der Waals surface area contributed by atoms with E-state index in [1.807, 2.05) is 0 Å². The second kappa shape index (κ2) is 10.8. The Labute approximate surface area is 227 Å². The number of hydrogen-bond donors (Lipinski definition) is 2. The molecule has 198 valence electrons. The molecular weight excluding hydrogens is 464 g/mol. The number of nitrogens with one attached hydrogen (secondary N) is 2. The van der Waals surface area contributed by atoms with Gasteiger partial charge in [0.25, 0.3) is 0 Å². The third-order valence-corrected chi connectivity index (χ3v) is 8.32. The summed E-state index contributed by atoms with van der Waals surface area (Å²) in [6, 6.07) is 11.4. The second-order valence-electron chi connectivity index (χ2n) is 10.3. The Kier molecular flexibility index (Phi) is 7.43. The molecule has 0 aromatic carbocycles. The van der Waals surface area contributed by atoms with Crippen LogP contribution in [0.3, 0.4) is 0 Å². The summed E-state index contributed by atoms with van der Waals surface area (Å²) in [4.78, 5) is 18.0. The van der Waals surface area contributed by atoms with E-state index in [0.29, 0.717) is 0 Å². The Hall–Kier alpha value is -3.40. The number of rotatable bonds is 7. The van der Waals surface area contributed by atoms with E-state index in [1.54, 1.807) is 0 Å². The zero-order valence-corrected chi connectivity index (χ0v) is 24.2. The highest BCUT2D eigenvalue weighted by molar-refractivity contribution is 5.96. The quantitative estimate of drug-likeness (QED) is 0.335. The van der Waals surface area contributed by atoms with Gasteiger partial charge in [-0.1, -0.05) is 48.5 Å². The van der Waals surface area contributed by atoms with Crippen LogP contribution in [0.1, 0.15) is 114 Å². The fourth-order valence-electron chi connectivity index (χ4n) is 6.47. The van der Waals surface area contributed by atoms with Crippen molar-refractivity contribution < 1.29 is 0 Å². The van der Waals surface area contributed by atoms with Crippen molar-refractivity contribution in [1.29, 1.82) is 0 Å². The molecule has 0 radical (unpaired) electrons. The van der Waals surface area contributed by atoms with E-state index in [4.69, 9.17) is 9.97 Å². The normalized spacial score (nSPS) is 13.7. The number of nitrogens with zero attached hydrogens (tertiary/aromatic N) is 2. The average Bonchev–Trinajstić information content (AvgIpc) is 3.65. The largest absolute Gasteiger partial charge is 0.355 e. The topological polar surface area (TPSA) is 57.4 Å². The fraction of sp³-hybridized carbons (Fsp3) is 0.412. The number of H-pyrrole nitrogens is 2. The summed E-state index contributed by atoms with van der Waals surface area (Å²) >= 11 is 0. The summed E-state index contributed by atoms with van der Waals surface area (Å²) in [5.74, 6) is 0. The number of fused-ring (bicyclic) bond motifs is 8. The van der Waals surface area contributed by atoms with Crippen LogP contribution >= 0.6 is 0 Å². The highest BCUT2D eigenvalue weighted by Gasteiger charge is 2.22. The van der Waals surface area contributed by atoms with Crippen molar-refractivity contribution in [3.05, 3.63) is 69.8 Å². The first-order valence-electron chi connectivity index (χ1n) is 14.7. The number of aryl methyl sites for hydroxylation is 3. The van der Waals surface area contributed by atoms with Gasteiger partial charge >= 0.3 is 0 Å². The Morgan fingerprint density at radius 1 is 0.447 bits per heavy atom. The third kappa shape index (κ3) is 4.34. The van der Waals surface area contributed by atoms with Gasteiger partial charge in [0.05, 0.1) is 22.8 Å². The molecule has 3 aromatic heterocycles. The molecule has 0 aliphatic carbocycles. The van der Waals surface area contributed by atoms with E-state index in [1.165, 1.54) is 50.0 Å². The molecule has 0 atom stereocenters. The standard InChI is InChI=1S/C34H42N4/c1-8-20-15-21-16-29-22(9-2)23(10-3)31(36-29)18-33-26(13-6)27(14-7)34(38-33)19-32-25(12-5)24(11-4)30(37-32)17-28(20)35-21/h15-19,35-36H,8-14H2,1-7H3. The Morgan fingerprint density at radius 2 is 0.895 bits per heavy atom. The summed E-state index contributed by atoms with van der Waals surface area (Å²) in [6.45, 7) is 15.7. The Morgan fingerprint density at radius 3 is 1.34 bits per heavy atom. The minimum Gasteiger partial charge on any atom is -0.355 e. The average molecular weight is 507 g/mol. The van der Waals surface area contributed by atoms with Gasteiger partial charge < -0.3 is 9.97 Å². The van der Waals surface area contributed by atoms with Crippen LogP contribution in [-0.2, 0) is 19.3 Å². The molecular formula is C34H42N4. The number of hydrogen-bond acceptors (Lipinski definition) is 2. The predicted molar refractivity (Wildman–Crippen MR) is 164 cm³/mol. The van der Waals surface area contributed by atoms with Crippen molar-refractivity contribution >= 4 is 44.4 Å². The predicted octanol–water partition coefficient (Wildman–Crippen LogP) is 9.46. The van der Waals surface area contributed by atoms with Crippen molar-refractivity contribution in [1.82, 2.24) is 19.9 Å². The first kappa shape index (κ1) is 26.2. The van der Waals surface area contributed by atoms with Crippen LogP contribution < -0.4 is 0 Å². The molecule has 0 unspecified atom stereocenters. The zero-order valence-electron chi connectivity index (χ0n) is 24.2. The van der Waals surface area contributed by atoms with Gasteiger partial charge in [0.15, 0.2) is 0 Å². The van der Waals surface area contributed by atoms with E-state index in [0.717, 1.165) is 78.8 Å². The summed E-state index contributed by atoms with van der Waals surface area (Å²) in [5, 5.41) is 0. The molecule has 4 heteroatoms. The van der Waals surface area contributed by atoms with Gasteiger partial charge in [-0.2, -0.15) is 0 Å². The van der Waals surface area contributed by atoms with Gasteiger partial charge in [-0.25, -0.2) is 9.97 Å². The van der Waals surface area contributed by atoms with Gasteiger partial charge in [-0.3, -0.25) is 0 Å². The van der Waals surface area contributed by atoms with Crippen molar-refractivity contribution in [2.45, 2.75) is 93.4 Å². The number of aromatic nitrogens is 4. The minimum absolute atomic E-state index is 0.965. The SMILES string of the molecule is CCC1=C(CC)c2cc3[nH]c(cc3CC)cc3[nH]c(cc4nc(cc1n2)C(CC)=C4CC)c(CC)c3CC. The highest BCUT2D eigenvalue weighted by Crippen LogP contribution is 2.39. The van der Waals surface area contributed by atoms with Crippen LogP contribution in [0.25, 0.3) is 44.4 Å². The first-order valence-corrected chi connectivity index (χ1v) is 14.7. The minimum atomic E-state index is 0.965. The molecule has 0 fully saturated rings. The molecule has 0 saturated carbocycles. The van der Waals surface area contributed by atoms with Gasteiger partial charge in [0.1, 0.15) is 0 Å². The molecule has 8 bridgehead atoms. The lowest BCUT2D eigenvalue weighted by molar-refractivity contribution is 1.07. The maximum Gasteiger partial charge on any atom is 0.0694 e. The van der Waals surface area contributed by atoms with E-state index in [2.05, 4.69) is 88.8 Å². The molecule has 0 amide bonds. The first-order chi connectivity index (χ1) is 18.5. The van der Waals surface area contributed by atoms with E-state index >= 15 is 0 Å². The smallest absolute Gasteiger partial charge is 0.0694 e. The van der Waals surface area contributed by atoms with Crippen LogP contribution in [0.15, 0.2) is 30.3 Å². The van der Waals surface area contributed by atoms with Crippen molar-refractivity contribution in [3.63, 3.8) is 0 Å². The monoisotopic (exact) mass is 506 g/mol. The molecule has 5 heterocycles. The maximum atomic E-state index is 5.25. The maximum absolute atomic E-state index is 5.25. The summed E-state index contributed by atoms with van der Waals surface area (Å²) < 4.78 is 0. The molecule has 0 saturated heterocycles. The summed E-state index contributed by atoms with van der Waals surface area (Å²) in [6.07, 6.45) is 6.83. The molecule has 3 aromatic rings. The van der Waals surface area contributed by atoms with Crippen molar-refractivity contribution in [2.24, 2.45) is 0 Å². The van der Waals surface area contributed by atoms with E-state index in [9.17, 15) is 0 Å². The Balaban J connectivity index is 1.99. The van der Waals surface area contributed by atoms with Gasteiger partial charge in [-0.15, -0.1) is 0 Å². The molecule has 2 aliphatic heterocycles. The van der Waals surface area contributed by atoms with Crippen LogP contribution in [0.2, 0.25) is 0 Å². The number of aromatic amines is 2. The fourth-order valence-corrected chi connectivity index (χ4v) is 6.47. The summed E-state index contributed by atoms with van der Waals surface area (Å²) in [7, 11) is 0. The lowest BCUT2D eigenvalue weighted by atomic mass is 9.98. The van der Waals surface area contributed by atoms with Crippen LogP contribution in [0.4, 0.5) is 0 Å². The lowest BCUT2D eigenvalue weighted by Gasteiger charge is -2.04. The molecule has 2 aliphatic rings. The lowest BCUT2D eigenvalue weighted by Crippen LogP contribution is -1.86.